The molecule has 0 spiro atoms. The fourth-order valence-corrected chi connectivity index (χ4v) is 2.42. The van der Waals surface area contributed by atoms with Crippen LogP contribution in [0.3, 0.4) is 0 Å². The van der Waals surface area contributed by atoms with Crippen LogP contribution in [0, 0.1) is 11.6 Å². The Balaban J connectivity index is 2.10. The van der Waals surface area contributed by atoms with E-state index in [4.69, 9.17) is 10.5 Å². The van der Waals surface area contributed by atoms with Gasteiger partial charge in [-0.05, 0) is 30.7 Å². The molecule has 0 unspecified atom stereocenters. The Bertz CT molecular complexity index is 1110. The lowest BCUT2D eigenvalue weighted by molar-refractivity contribution is 0.286. The minimum absolute atomic E-state index is 0.0843. The van der Waals surface area contributed by atoms with Crippen molar-refractivity contribution in [3.05, 3.63) is 56.2 Å². The van der Waals surface area contributed by atoms with Gasteiger partial charge >= 0.3 is 11.7 Å². The van der Waals surface area contributed by atoms with Crippen molar-refractivity contribution in [3.8, 4) is 6.01 Å². The first-order chi connectivity index (χ1) is 12.9. The van der Waals surface area contributed by atoms with E-state index in [-0.39, 0.29) is 30.3 Å². The van der Waals surface area contributed by atoms with E-state index >= 15 is 0 Å². The lowest BCUT2D eigenvalue weighted by atomic mass is 10.2. The zero-order valence-corrected chi connectivity index (χ0v) is 14.4. The van der Waals surface area contributed by atoms with Crippen LogP contribution in [-0.4, -0.2) is 37.5 Å². The minimum Gasteiger partial charge on any atom is -0.462 e. The molecule has 0 fully saturated rings. The molecule has 27 heavy (non-hydrogen) atoms. The third-order valence-corrected chi connectivity index (χ3v) is 3.83. The van der Waals surface area contributed by atoms with Gasteiger partial charge < -0.3 is 10.5 Å². The lowest BCUT2D eigenvalue weighted by Gasteiger charge is -2.11. The van der Waals surface area contributed by atoms with E-state index in [1.165, 1.54) is 13.1 Å². The first-order valence-corrected chi connectivity index (χ1v) is 8.03. The van der Waals surface area contributed by atoms with Gasteiger partial charge in [0.1, 0.15) is 0 Å². The van der Waals surface area contributed by atoms with Crippen LogP contribution in [0.25, 0.3) is 11.2 Å². The molecule has 11 heteroatoms. The highest BCUT2D eigenvalue weighted by Gasteiger charge is 2.16. The summed E-state index contributed by atoms with van der Waals surface area (Å²) in [6.45, 7) is 0.513. The molecule has 2 N–H and O–H groups in total. The second-order valence-electron chi connectivity index (χ2n) is 5.74. The van der Waals surface area contributed by atoms with Crippen LogP contribution in [0.5, 0.6) is 6.01 Å². The number of hydrogen-bond donors (Lipinski definition) is 1. The lowest BCUT2D eigenvalue weighted by Crippen LogP contribution is -2.39. The number of halogens is 2. The summed E-state index contributed by atoms with van der Waals surface area (Å²) in [6.07, 6.45) is 0.565. The van der Waals surface area contributed by atoms with Gasteiger partial charge in [-0.15, -0.1) is 5.10 Å². The highest BCUT2D eigenvalue weighted by Crippen LogP contribution is 2.12. The highest BCUT2D eigenvalue weighted by molar-refractivity contribution is 5.68. The van der Waals surface area contributed by atoms with E-state index in [0.717, 1.165) is 21.3 Å². The summed E-state index contributed by atoms with van der Waals surface area (Å²) in [4.78, 5) is 28.9. The van der Waals surface area contributed by atoms with E-state index in [0.29, 0.717) is 18.5 Å². The molecule has 2 heterocycles. The first-order valence-electron chi connectivity index (χ1n) is 8.03. The maximum absolute atomic E-state index is 13.5. The quantitative estimate of drug-likeness (QED) is 0.597. The summed E-state index contributed by atoms with van der Waals surface area (Å²) >= 11 is 0. The van der Waals surface area contributed by atoms with Gasteiger partial charge in [-0.1, -0.05) is 11.2 Å². The molecule has 3 aromatic rings. The highest BCUT2D eigenvalue weighted by atomic mass is 19.2. The average Bonchev–Trinajstić information content (AvgIpc) is 2.66. The van der Waals surface area contributed by atoms with Crippen molar-refractivity contribution in [2.24, 2.45) is 12.8 Å². The van der Waals surface area contributed by atoms with Crippen molar-refractivity contribution < 1.29 is 13.5 Å². The standard InChI is InChI=1S/C16H16F2N6O3/c1-23-14(25)12-13(21-22-15(20-12)27-6-2-5-19)24(16(23)26)8-9-3-4-10(17)11(18)7-9/h3-4,7H,2,5-6,8,19H2,1H3. The molecular formula is C16H16F2N6O3. The molecule has 3 rings (SSSR count). The van der Waals surface area contributed by atoms with Gasteiger partial charge in [0, 0.05) is 7.05 Å². The van der Waals surface area contributed by atoms with Crippen molar-refractivity contribution in [1.29, 1.82) is 0 Å². The summed E-state index contributed by atoms with van der Waals surface area (Å²) in [6, 6.07) is 3.12. The van der Waals surface area contributed by atoms with Gasteiger partial charge in [0.15, 0.2) is 22.8 Å². The number of fused-ring (bicyclic) bond motifs is 1. The second-order valence-corrected chi connectivity index (χ2v) is 5.74. The monoisotopic (exact) mass is 378 g/mol. The molecular weight excluding hydrogens is 362 g/mol. The van der Waals surface area contributed by atoms with E-state index < -0.39 is 22.9 Å². The fraction of sp³-hybridized carbons (Fsp3) is 0.312. The molecule has 0 bridgehead atoms. The number of rotatable bonds is 6. The van der Waals surface area contributed by atoms with Crippen LogP contribution < -0.4 is 21.7 Å². The predicted molar refractivity (Wildman–Crippen MR) is 91.5 cm³/mol. The number of benzene rings is 1. The van der Waals surface area contributed by atoms with E-state index in [1.807, 2.05) is 0 Å². The maximum atomic E-state index is 13.5. The van der Waals surface area contributed by atoms with Gasteiger partial charge in [0.05, 0.1) is 13.2 Å². The topological polar surface area (TPSA) is 118 Å². The Morgan fingerprint density at radius 2 is 1.96 bits per heavy atom. The third-order valence-electron chi connectivity index (χ3n) is 3.83. The smallest absolute Gasteiger partial charge is 0.336 e. The molecule has 0 aliphatic carbocycles. The molecule has 0 radical (unpaired) electrons. The molecule has 2 aromatic heterocycles. The minimum atomic E-state index is -1.05. The summed E-state index contributed by atoms with van der Waals surface area (Å²) in [5, 5.41) is 7.63. The second kappa shape index (κ2) is 7.58. The molecule has 0 atom stereocenters. The van der Waals surface area contributed by atoms with Crippen molar-refractivity contribution in [3.63, 3.8) is 0 Å². The number of aromatic nitrogens is 5. The number of nitrogens with two attached hydrogens (primary N) is 1. The Labute approximate surface area is 151 Å². The first kappa shape index (κ1) is 18.6. The maximum Gasteiger partial charge on any atom is 0.336 e. The third kappa shape index (κ3) is 3.67. The number of ether oxygens (including phenoxy) is 1. The Hall–Kier alpha value is -3.21. The van der Waals surface area contributed by atoms with E-state index in [1.54, 1.807) is 0 Å². The van der Waals surface area contributed by atoms with E-state index in [2.05, 4.69) is 15.2 Å². The summed E-state index contributed by atoms with van der Waals surface area (Å²) < 4.78 is 33.8. The molecule has 0 saturated heterocycles. The van der Waals surface area contributed by atoms with Gasteiger partial charge in [-0.3, -0.25) is 13.9 Å². The van der Waals surface area contributed by atoms with Gasteiger partial charge in [-0.25, -0.2) is 13.6 Å². The van der Waals surface area contributed by atoms with Gasteiger partial charge in [0.25, 0.3) is 5.56 Å². The molecule has 142 valence electrons. The average molecular weight is 378 g/mol. The van der Waals surface area contributed by atoms with Crippen LogP contribution in [0.15, 0.2) is 27.8 Å². The summed E-state index contributed by atoms with van der Waals surface area (Å²) in [5.74, 6) is -2.05. The zero-order chi connectivity index (χ0) is 19.6. The van der Waals surface area contributed by atoms with Crippen molar-refractivity contribution in [2.75, 3.05) is 13.2 Å². The number of nitrogens with zero attached hydrogens (tertiary/aromatic N) is 5. The normalized spacial score (nSPS) is 11.1. The Kier molecular flexibility index (Phi) is 5.21. The van der Waals surface area contributed by atoms with Crippen LogP contribution in [0.2, 0.25) is 0 Å². The Morgan fingerprint density at radius 3 is 2.67 bits per heavy atom. The molecule has 0 amide bonds. The van der Waals surface area contributed by atoms with Crippen molar-refractivity contribution in [2.45, 2.75) is 13.0 Å². The van der Waals surface area contributed by atoms with Crippen LogP contribution in [-0.2, 0) is 13.6 Å². The van der Waals surface area contributed by atoms with Crippen molar-refractivity contribution in [1.82, 2.24) is 24.3 Å². The molecule has 9 nitrogen and oxygen atoms in total. The zero-order valence-electron chi connectivity index (χ0n) is 14.4. The van der Waals surface area contributed by atoms with E-state index in [9.17, 15) is 18.4 Å². The van der Waals surface area contributed by atoms with Crippen LogP contribution in [0.1, 0.15) is 12.0 Å². The Morgan fingerprint density at radius 1 is 1.19 bits per heavy atom. The molecule has 0 saturated carbocycles. The largest absolute Gasteiger partial charge is 0.462 e. The molecule has 0 aliphatic heterocycles. The summed E-state index contributed by atoms with van der Waals surface area (Å²) in [7, 11) is 1.28. The van der Waals surface area contributed by atoms with Gasteiger partial charge in [0.2, 0.25) is 0 Å². The number of hydrogen-bond acceptors (Lipinski definition) is 7. The fourth-order valence-electron chi connectivity index (χ4n) is 2.42. The van der Waals surface area contributed by atoms with Crippen molar-refractivity contribution >= 4 is 11.2 Å². The SMILES string of the molecule is Cn1c(=O)c2nc(OCCCN)nnc2n(Cc2ccc(F)c(F)c2)c1=O. The van der Waals surface area contributed by atoms with Crippen LogP contribution in [0.4, 0.5) is 8.78 Å². The summed E-state index contributed by atoms with van der Waals surface area (Å²) in [5.41, 5.74) is 4.11. The van der Waals surface area contributed by atoms with Crippen LogP contribution >= 0.6 is 0 Å². The predicted octanol–water partition coefficient (Wildman–Crippen LogP) is -0.0607. The molecule has 1 aromatic carbocycles. The molecule has 0 aliphatic rings. The van der Waals surface area contributed by atoms with Gasteiger partial charge in [-0.2, -0.15) is 4.98 Å².